The van der Waals surface area contributed by atoms with Crippen molar-refractivity contribution in [3.05, 3.63) is 64.7 Å². The van der Waals surface area contributed by atoms with E-state index in [1.54, 1.807) is 30.3 Å². The first-order chi connectivity index (χ1) is 8.99. The maximum absolute atomic E-state index is 12.0. The normalized spacial score (nSPS) is 10.9. The van der Waals surface area contributed by atoms with Crippen molar-refractivity contribution in [3.8, 4) is 0 Å². The lowest BCUT2D eigenvalue weighted by atomic mass is 10.3. The molecule has 7 heteroatoms. The van der Waals surface area contributed by atoms with E-state index in [0.717, 1.165) is 6.07 Å². The molecule has 0 saturated heterocycles. The summed E-state index contributed by atoms with van der Waals surface area (Å²) in [4.78, 5) is 9.84. The Hall–Kier alpha value is -2.41. The number of nitrogens with one attached hydrogen (secondary N) is 1. The number of non-ortho nitro benzene ring substituents is 1. The molecule has 0 aliphatic heterocycles. The van der Waals surface area contributed by atoms with E-state index in [1.165, 1.54) is 18.2 Å². The van der Waals surface area contributed by atoms with Crippen LogP contribution in [-0.4, -0.2) is 13.3 Å². The fraction of sp³-hybridized carbons (Fsp3) is 0. The minimum absolute atomic E-state index is 0.148. The van der Waals surface area contributed by atoms with E-state index in [1.807, 2.05) is 0 Å². The fourth-order valence-electron chi connectivity index (χ4n) is 1.48. The molecule has 0 fully saturated rings. The Morgan fingerprint density at radius 2 is 1.68 bits per heavy atom. The number of rotatable bonds is 4. The zero-order valence-electron chi connectivity index (χ0n) is 9.68. The quantitative estimate of drug-likeness (QED) is 0.687. The number of para-hydroxylation sites is 1. The maximum atomic E-state index is 12.0. The lowest BCUT2D eigenvalue weighted by molar-refractivity contribution is -0.385. The highest BCUT2D eigenvalue weighted by Crippen LogP contribution is 2.20. The zero-order chi connectivity index (χ0) is 13.9. The minimum Gasteiger partial charge on any atom is -0.280 e. The number of nitro groups is 1. The van der Waals surface area contributed by atoms with Gasteiger partial charge in [-0.1, -0.05) is 24.3 Å². The van der Waals surface area contributed by atoms with Crippen LogP contribution >= 0.6 is 0 Å². The van der Waals surface area contributed by atoms with Gasteiger partial charge in [-0.2, -0.15) is 0 Å². The van der Waals surface area contributed by atoms with Gasteiger partial charge in [-0.25, -0.2) is 8.42 Å². The molecule has 0 aliphatic rings. The molecule has 0 unspecified atom stereocenters. The van der Waals surface area contributed by atoms with Crippen LogP contribution in [-0.2, 0) is 10.0 Å². The molecule has 2 aromatic rings. The SMILES string of the molecule is O=[N+]([O-])c1cccc(S(=O)(=O)Nc2ccccc2)c1. The number of hydrogen-bond acceptors (Lipinski definition) is 4. The first-order valence-electron chi connectivity index (χ1n) is 5.31. The molecule has 0 atom stereocenters. The molecule has 6 nitrogen and oxygen atoms in total. The fourth-order valence-corrected chi connectivity index (χ4v) is 2.58. The number of nitrogens with zero attached hydrogens (tertiary/aromatic N) is 1. The van der Waals surface area contributed by atoms with Gasteiger partial charge in [0.15, 0.2) is 0 Å². The Bertz CT molecular complexity index is 699. The molecule has 0 radical (unpaired) electrons. The van der Waals surface area contributed by atoms with Crippen LogP contribution in [0.1, 0.15) is 0 Å². The van der Waals surface area contributed by atoms with Crippen molar-refractivity contribution in [2.75, 3.05) is 4.72 Å². The Morgan fingerprint density at radius 1 is 1.00 bits per heavy atom. The van der Waals surface area contributed by atoms with Crippen LogP contribution in [0.2, 0.25) is 0 Å². The largest absolute Gasteiger partial charge is 0.280 e. The van der Waals surface area contributed by atoms with Crippen LogP contribution in [0, 0.1) is 10.1 Å². The lowest BCUT2D eigenvalue weighted by Crippen LogP contribution is -2.12. The summed E-state index contributed by atoms with van der Waals surface area (Å²) in [6.07, 6.45) is 0. The van der Waals surface area contributed by atoms with Gasteiger partial charge < -0.3 is 0 Å². The number of nitro benzene ring substituents is 1. The maximum Gasteiger partial charge on any atom is 0.270 e. The smallest absolute Gasteiger partial charge is 0.270 e. The molecule has 0 spiro atoms. The van der Waals surface area contributed by atoms with E-state index >= 15 is 0 Å². The molecule has 0 aromatic heterocycles. The van der Waals surface area contributed by atoms with Gasteiger partial charge in [0.1, 0.15) is 0 Å². The van der Waals surface area contributed by atoms with Crippen molar-refractivity contribution in [2.24, 2.45) is 0 Å². The van der Waals surface area contributed by atoms with Crippen molar-refractivity contribution >= 4 is 21.4 Å². The third kappa shape index (κ3) is 3.08. The molecular weight excluding hydrogens is 268 g/mol. The number of hydrogen-bond donors (Lipinski definition) is 1. The van der Waals surface area contributed by atoms with Crippen LogP contribution in [0.3, 0.4) is 0 Å². The predicted molar refractivity (Wildman–Crippen MR) is 70.3 cm³/mol. The predicted octanol–water partition coefficient (Wildman–Crippen LogP) is 2.40. The van der Waals surface area contributed by atoms with E-state index < -0.39 is 14.9 Å². The molecule has 0 bridgehead atoms. The molecule has 2 aromatic carbocycles. The van der Waals surface area contributed by atoms with Gasteiger partial charge in [0.05, 0.1) is 9.82 Å². The second kappa shape index (κ2) is 5.07. The van der Waals surface area contributed by atoms with Crippen LogP contribution in [0.4, 0.5) is 11.4 Å². The number of anilines is 1. The van der Waals surface area contributed by atoms with Gasteiger partial charge in [-0.05, 0) is 18.2 Å². The molecule has 0 aliphatic carbocycles. The summed E-state index contributed by atoms with van der Waals surface area (Å²) in [7, 11) is -3.82. The first kappa shape index (κ1) is 13.0. The average Bonchev–Trinajstić information content (AvgIpc) is 2.39. The summed E-state index contributed by atoms with van der Waals surface area (Å²) in [6.45, 7) is 0. The number of sulfonamides is 1. The number of benzene rings is 2. The van der Waals surface area contributed by atoms with Crippen molar-refractivity contribution in [2.45, 2.75) is 4.90 Å². The molecule has 1 N–H and O–H groups in total. The summed E-state index contributed by atoms with van der Waals surface area (Å²) in [5, 5.41) is 10.6. The summed E-state index contributed by atoms with van der Waals surface area (Å²) in [6, 6.07) is 13.2. The van der Waals surface area contributed by atoms with E-state index in [9.17, 15) is 18.5 Å². The van der Waals surface area contributed by atoms with E-state index in [-0.39, 0.29) is 10.6 Å². The van der Waals surface area contributed by atoms with Crippen molar-refractivity contribution < 1.29 is 13.3 Å². The van der Waals surface area contributed by atoms with Crippen LogP contribution in [0.5, 0.6) is 0 Å². The third-order valence-electron chi connectivity index (χ3n) is 2.36. The molecule has 98 valence electrons. The Labute approximate surface area is 109 Å². The molecular formula is C12H10N2O4S. The Kier molecular flexibility index (Phi) is 3.48. The van der Waals surface area contributed by atoms with Crippen LogP contribution in [0.15, 0.2) is 59.5 Å². The highest BCUT2D eigenvalue weighted by Gasteiger charge is 2.17. The topological polar surface area (TPSA) is 89.3 Å². The second-order valence-electron chi connectivity index (χ2n) is 3.73. The summed E-state index contributed by atoms with van der Waals surface area (Å²) in [5.41, 5.74) is 0.130. The highest BCUT2D eigenvalue weighted by atomic mass is 32.2. The van der Waals surface area contributed by atoms with E-state index in [2.05, 4.69) is 4.72 Å². The van der Waals surface area contributed by atoms with Gasteiger partial charge in [0.25, 0.3) is 15.7 Å². The third-order valence-corrected chi connectivity index (χ3v) is 3.74. The van der Waals surface area contributed by atoms with Crippen molar-refractivity contribution in [1.29, 1.82) is 0 Å². The highest BCUT2D eigenvalue weighted by molar-refractivity contribution is 7.92. The lowest BCUT2D eigenvalue weighted by Gasteiger charge is -2.07. The van der Waals surface area contributed by atoms with Crippen LogP contribution in [0.25, 0.3) is 0 Å². The summed E-state index contributed by atoms with van der Waals surface area (Å²) in [5.74, 6) is 0. The van der Waals surface area contributed by atoms with Crippen molar-refractivity contribution in [1.82, 2.24) is 0 Å². The van der Waals surface area contributed by atoms with Gasteiger partial charge in [-0.3, -0.25) is 14.8 Å². The minimum atomic E-state index is -3.82. The van der Waals surface area contributed by atoms with Crippen molar-refractivity contribution in [3.63, 3.8) is 0 Å². The standard InChI is InChI=1S/C12H10N2O4S/c15-14(16)11-7-4-8-12(9-11)19(17,18)13-10-5-2-1-3-6-10/h1-9,13H. The monoisotopic (exact) mass is 278 g/mol. The zero-order valence-corrected chi connectivity index (χ0v) is 10.5. The van der Waals surface area contributed by atoms with Gasteiger partial charge in [0, 0.05) is 17.8 Å². The van der Waals surface area contributed by atoms with Gasteiger partial charge in [0.2, 0.25) is 0 Å². The van der Waals surface area contributed by atoms with Gasteiger partial charge in [-0.15, -0.1) is 0 Å². The molecule has 0 heterocycles. The molecule has 19 heavy (non-hydrogen) atoms. The molecule has 0 saturated carbocycles. The molecule has 0 amide bonds. The average molecular weight is 278 g/mol. The Balaban J connectivity index is 2.35. The Morgan fingerprint density at radius 3 is 2.32 bits per heavy atom. The van der Waals surface area contributed by atoms with E-state index in [4.69, 9.17) is 0 Å². The first-order valence-corrected chi connectivity index (χ1v) is 6.80. The van der Waals surface area contributed by atoms with Gasteiger partial charge >= 0.3 is 0 Å². The molecule has 2 rings (SSSR count). The van der Waals surface area contributed by atoms with Crippen LogP contribution < -0.4 is 4.72 Å². The summed E-state index contributed by atoms with van der Waals surface area (Å²) < 4.78 is 26.4. The van der Waals surface area contributed by atoms with E-state index in [0.29, 0.717) is 5.69 Å². The second-order valence-corrected chi connectivity index (χ2v) is 5.41. The summed E-state index contributed by atoms with van der Waals surface area (Å²) >= 11 is 0.